The van der Waals surface area contributed by atoms with Crippen molar-refractivity contribution >= 4 is 17.7 Å². The molecule has 0 aromatic heterocycles. The molecule has 0 aromatic carbocycles. The average Bonchev–Trinajstić information content (AvgIpc) is 2.36. The molecule has 0 spiro atoms. The highest BCUT2D eigenvalue weighted by Gasteiger charge is 1.99. The highest BCUT2D eigenvalue weighted by Crippen LogP contribution is 2.00. The van der Waals surface area contributed by atoms with Crippen molar-refractivity contribution in [2.45, 2.75) is 33.6 Å². The molecule has 0 atom stereocenters. The molecule has 0 saturated carbocycles. The van der Waals surface area contributed by atoms with Gasteiger partial charge in [0.05, 0.1) is 25.6 Å². The van der Waals surface area contributed by atoms with Crippen LogP contribution in [0.15, 0.2) is 0 Å². The lowest BCUT2D eigenvalue weighted by Gasteiger charge is -2.08. The second-order valence-electron chi connectivity index (χ2n) is 4.81. The molecule has 4 nitrogen and oxygen atoms in total. The Hall–Kier alpha value is -0.260. The van der Waals surface area contributed by atoms with E-state index in [1.807, 2.05) is 0 Å². The number of ether oxygens (including phenoxy) is 2. The van der Waals surface area contributed by atoms with Gasteiger partial charge in [-0.1, -0.05) is 20.8 Å². The van der Waals surface area contributed by atoms with Gasteiger partial charge in [0.25, 0.3) is 0 Å². The molecule has 0 aliphatic carbocycles. The summed E-state index contributed by atoms with van der Waals surface area (Å²) >= 11 is 1.67. The normalized spacial score (nSPS) is 10.9. The zero-order chi connectivity index (χ0) is 14.3. The Balaban J connectivity index is 3.11. The first kappa shape index (κ1) is 18.7. The number of hydrogen-bond acceptors (Lipinski definition) is 4. The zero-order valence-corrected chi connectivity index (χ0v) is 13.4. The van der Waals surface area contributed by atoms with E-state index in [1.165, 1.54) is 0 Å². The quantitative estimate of drug-likeness (QED) is 0.529. The minimum atomic E-state index is 0.0928. The molecule has 0 unspecified atom stereocenters. The molecule has 0 radical (unpaired) electrons. The average molecular weight is 291 g/mol. The zero-order valence-electron chi connectivity index (χ0n) is 12.6. The van der Waals surface area contributed by atoms with E-state index in [1.54, 1.807) is 11.8 Å². The molecule has 0 fully saturated rings. The van der Waals surface area contributed by atoms with Gasteiger partial charge in [-0.25, -0.2) is 0 Å². The molecule has 0 aliphatic heterocycles. The van der Waals surface area contributed by atoms with Gasteiger partial charge in [-0.2, -0.15) is 11.8 Å². The van der Waals surface area contributed by atoms with E-state index >= 15 is 0 Å². The maximum absolute atomic E-state index is 11.3. The van der Waals surface area contributed by atoms with Gasteiger partial charge in [-0.3, -0.25) is 4.79 Å². The first-order chi connectivity index (χ1) is 9.16. The highest BCUT2D eigenvalue weighted by atomic mass is 32.2. The summed E-state index contributed by atoms with van der Waals surface area (Å²) in [6, 6.07) is 0. The summed E-state index contributed by atoms with van der Waals surface area (Å²) in [6.07, 6.45) is 2.20. The number of rotatable bonds is 13. The van der Waals surface area contributed by atoms with Crippen molar-refractivity contribution in [2.75, 3.05) is 44.5 Å². The van der Waals surface area contributed by atoms with Crippen molar-refractivity contribution in [1.82, 2.24) is 5.32 Å². The van der Waals surface area contributed by atoms with Gasteiger partial charge in [0.1, 0.15) is 0 Å². The molecular formula is C14H29NO3S. The monoisotopic (exact) mass is 291 g/mol. The van der Waals surface area contributed by atoms with Crippen LogP contribution in [0.2, 0.25) is 0 Å². The summed E-state index contributed by atoms with van der Waals surface area (Å²) in [5.74, 6) is 2.36. The summed E-state index contributed by atoms with van der Waals surface area (Å²) in [4.78, 5) is 11.3. The van der Waals surface area contributed by atoms with Crippen LogP contribution in [0.4, 0.5) is 0 Å². The fourth-order valence-corrected chi connectivity index (χ4v) is 1.98. The Morgan fingerprint density at radius 3 is 2.47 bits per heavy atom. The molecule has 1 amide bonds. The van der Waals surface area contributed by atoms with Crippen molar-refractivity contribution < 1.29 is 14.3 Å². The molecule has 0 aliphatic rings. The topological polar surface area (TPSA) is 47.6 Å². The largest absolute Gasteiger partial charge is 0.379 e. The minimum absolute atomic E-state index is 0.0928. The smallest absolute Gasteiger partial charge is 0.230 e. The third-order valence-electron chi connectivity index (χ3n) is 2.36. The van der Waals surface area contributed by atoms with Gasteiger partial charge in [0, 0.05) is 13.2 Å². The number of hydrogen-bond donors (Lipinski definition) is 1. The predicted octanol–water partition coefficient (Wildman–Crippen LogP) is 2.33. The molecule has 1 N–H and O–H groups in total. The summed E-state index contributed by atoms with van der Waals surface area (Å²) in [6.45, 7) is 9.64. The number of carbonyl (C=O) groups excluding carboxylic acids is 1. The molecule has 0 aromatic rings. The van der Waals surface area contributed by atoms with Crippen molar-refractivity contribution in [2.24, 2.45) is 5.92 Å². The minimum Gasteiger partial charge on any atom is -0.379 e. The van der Waals surface area contributed by atoms with Crippen LogP contribution in [0.3, 0.4) is 0 Å². The molecule has 5 heteroatoms. The number of nitrogens with one attached hydrogen (secondary N) is 1. The molecule has 19 heavy (non-hydrogen) atoms. The lowest BCUT2D eigenvalue weighted by Crippen LogP contribution is -2.29. The summed E-state index contributed by atoms with van der Waals surface area (Å²) < 4.78 is 10.8. The molecule has 0 heterocycles. The van der Waals surface area contributed by atoms with Crippen molar-refractivity contribution in [3.05, 3.63) is 0 Å². The predicted molar refractivity (Wildman–Crippen MR) is 81.7 cm³/mol. The lowest BCUT2D eigenvalue weighted by atomic mass is 10.1. The summed E-state index contributed by atoms with van der Waals surface area (Å²) in [5, 5.41) is 2.83. The summed E-state index contributed by atoms with van der Waals surface area (Å²) in [7, 11) is 0. The summed E-state index contributed by atoms with van der Waals surface area (Å²) in [5.41, 5.74) is 0. The lowest BCUT2D eigenvalue weighted by molar-refractivity contribution is -0.118. The van der Waals surface area contributed by atoms with E-state index in [-0.39, 0.29) is 5.91 Å². The van der Waals surface area contributed by atoms with Crippen LogP contribution in [0, 0.1) is 5.92 Å². The molecule has 0 saturated heterocycles. The molecule has 0 rings (SSSR count). The Bertz CT molecular complexity index is 213. The van der Waals surface area contributed by atoms with Crippen LogP contribution < -0.4 is 5.32 Å². The van der Waals surface area contributed by atoms with Crippen LogP contribution in [0.5, 0.6) is 0 Å². The number of amides is 1. The van der Waals surface area contributed by atoms with E-state index < -0.39 is 0 Å². The second kappa shape index (κ2) is 14.2. The molecular weight excluding hydrogens is 262 g/mol. The first-order valence-corrected chi connectivity index (χ1v) is 8.32. The Labute approximate surface area is 122 Å². The Morgan fingerprint density at radius 1 is 1.16 bits per heavy atom. The van der Waals surface area contributed by atoms with Crippen molar-refractivity contribution in [3.8, 4) is 0 Å². The number of thioether (sulfide) groups is 1. The van der Waals surface area contributed by atoms with Crippen molar-refractivity contribution in [3.63, 3.8) is 0 Å². The standard InChI is InChI=1S/C14H29NO3S/c1-4-11-19-12-14(16)15-6-8-18-10-9-17-7-5-13(2)3/h13H,4-12H2,1-3H3,(H,15,16). The number of carbonyl (C=O) groups is 1. The first-order valence-electron chi connectivity index (χ1n) is 7.16. The third kappa shape index (κ3) is 15.7. The fourth-order valence-electron chi connectivity index (χ4n) is 1.26. The van der Waals surface area contributed by atoms with E-state index in [2.05, 4.69) is 26.1 Å². The van der Waals surface area contributed by atoms with Gasteiger partial charge in [-0.05, 0) is 24.5 Å². The Morgan fingerprint density at radius 2 is 1.84 bits per heavy atom. The fraction of sp³-hybridized carbons (Fsp3) is 0.929. The van der Waals surface area contributed by atoms with Gasteiger partial charge >= 0.3 is 0 Å². The Kier molecular flexibility index (Phi) is 14.0. The van der Waals surface area contributed by atoms with E-state index in [0.717, 1.165) is 25.2 Å². The highest BCUT2D eigenvalue weighted by molar-refractivity contribution is 7.99. The van der Waals surface area contributed by atoms with Gasteiger partial charge < -0.3 is 14.8 Å². The van der Waals surface area contributed by atoms with Crippen LogP contribution in [-0.4, -0.2) is 50.4 Å². The molecule has 114 valence electrons. The van der Waals surface area contributed by atoms with Gasteiger partial charge in [0.2, 0.25) is 5.91 Å². The van der Waals surface area contributed by atoms with E-state index in [0.29, 0.717) is 38.0 Å². The van der Waals surface area contributed by atoms with E-state index in [9.17, 15) is 4.79 Å². The van der Waals surface area contributed by atoms with Crippen LogP contribution >= 0.6 is 11.8 Å². The van der Waals surface area contributed by atoms with Crippen LogP contribution in [-0.2, 0) is 14.3 Å². The second-order valence-corrected chi connectivity index (χ2v) is 5.91. The maximum atomic E-state index is 11.3. The van der Waals surface area contributed by atoms with Crippen molar-refractivity contribution in [1.29, 1.82) is 0 Å². The van der Waals surface area contributed by atoms with Crippen LogP contribution in [0.25, 0.3) is 0 Å². The van der Waals surface area contributed by atoms with Gasteiger partial charge in [0.15, 0.2) is 0 Å². The third-order valence-corrected chi connectivity index (χ3v) is 3.52. The van der Waals surface area contributed by atoms with Gasteiger partial charge in [-0.15, -0.1) is 0 Å². The maximum Gasteiger partial charge on any atom is 0.230 e. The van der Waals surface area contributed by atoms with E-state index in [4.69, 9.17) is 9.47 Å². The van der Waals surface area contributed by atoms with Crippen LogP contribution in [0.1, 0.15) is 33.6 Å². The SMILES string of the molecule is CCCSCC(=O)NCCOCCOCCC(C)C. The molecule has 0 bridgehead atoms.